The van der Waals surface area contributed by atoms with Crippen LogP contribution in [0.4, 0.5) is 5.13 Å². The van der Waals surface area contributed by atoms with Gasteiger partial charge in [-0.05, 0) is 18.9 Å². The molecule has 0 aromatic carbocycles. The van der Waals surface area contributed by atoms with E-state index in [0.29, 0.717) is 12.2 Å². The lowest BCUT2D eigenvalue weighted by molar-refractivity contribution is -0.152. The van der Waals surface area contributed by atoms with Crippen LogP contribution in [0.2, 0.25) is 0 Å². The number of aliphatic carboxylic acids is 1. The first-order chi connectivity index (χ1) is 19.2. The van der Waals surface area contributed by atoms with Gasteiger partial charge in [-0.2, -0.15) is 0 Å². The summed E-state index contributed by atoms with van der Waals surface area (Å²) in [5.74, 6) is -3.21. The van der Waals surface area contributed by atoms with Gasteiger partial charge in [-0.25, -0.2) is 14.9 Å². The molecule has 5 rings (SSSR count). The fraction of sp³-hybridized carbons (Fsp3) is 0.381. The lowest BCUT2D eigenvalue weighted by atomic mass is 9.96. The third-order valence-electron chi connectivity index (χ3n) is 5.94. The molecule has 0 bridgehead atoms. The second kappa shape index (κ2) is 11.3. The maximum atomic E-state index is 13.6. The molecule has 4 N–H and O–H groups in total. The number of nitrogens with zero attached hydrogens (tertiary/aromatic N) is 5. The van der Waals surface area contributed by atoms with Gasteiger partial charge in [-0.15, -0.1) is 28.2 Å². The van der Waals surface area contributed by atoms with Gasteiger partial charge < -0.3 is 20.6 Å². The number of H-pyrrole nitrogens is 1. The Morgan fingerprint density at radius 2 is 2.12 bits per heavy atom. The smallest absolute Gasteiger partial charge is 0.352 e. The van der Waals surface area contributed by atoms with Gasteiger partial charge >= 0.3 is 17.1 Å². The molecule has 2 aromatic rings. The number of carbonyl (C=O) groups excluding carboxylic acids is 3. The Kier molecular flexibility index (Phi) is 7.76. The predicted molar refractivity (Wildman–Crippen MR) is 143 cm³/mol. The molecule has 1 saturated carbocycles. The summed E-state index contributed by atoms with van der Waals surface area (Å²) >= 11 is 3.19. The molecule has 1 aliphatic carbocycles. The number of nitrogens with one attached hydrogen (secondary N) is 3. The van der Waals surface area contributed by atoms with E-state index in [4.69, 9.17) is 4.84 Å². The van der Waals surface area contributed by atoms with Crippen molar-refractivity contribution in [2.24, 2.45) is 18.1 Å². The number of rotatable bonds is 11. The Labute approximate surface area is 236 Å². The highest BCUT2D eigenvalue weighted by atomic mass is 32.2. The van der Waals surface area contributed by atoms with Crippen molar-refractivity contribution < 1.29 is 29.1 Å². The Morgan fingerprint density at radius 1 is 1.35 bits per heavy atom. The minimum atomic E-state index is -1.26. The number of carboxylic acid groups (broad SMARTS) is 1. The van der Waals surface area contributed by atoms with Crippen LogP contribution in [0.15, 0.2) is 37.1 Å². The van der Waals surface area contributed by atoms with Gasteiger partial charge in [-0.3, -0.25) is 33.4 Å². The van der Waals surface area contributed by atoms with Crippen LogP contribution in [-0.2, 0) is 31.1 Å². The lowest BCUT2D eigenvalue weighted by Gasteiger charge is -2.50. The molecule has 0 radical (unpaired) electrons. The molecule has 2 fully saturated rings. The molecule has 3 amide bonds. The maximum absolute atomic E-state index is 13.6. The van der Waals surface area contributed by atoms with Gasteiger partial charge in [0.15, 0.2) is 16.0 Å². The SMILES string of the molecule is Cn1c(SC(NC(=O)C(=NOC2CC2)c2csc(NC=O)n2)[C@H]2C(=O)N3C(C(=O)O)=CCS[C@@H]23)n[nH]c(=O)c1=O. The number of carbonyl (C=O) groups is 4. The number of thiazole rings is 1. The first-order valence-corrected chi connectivity index (χ1v) is 14.4. The molecule has 2 aromatic heterocycles. The Bertz CT molecular complexity index is 1560. The topological polar surface area (TPSA) is 218 Å². The van der Waals surface area contributed by atoms with Gasteiger partial charge in [-0.1, -0.05) is 16.9 Å². The summed E-state index contributed by atoms with van der Waals surface area (Å²) in [4.78, 5) is 84.0. The summed E-state index contributed by atoms with van der Waals surface area (Å²) in [5.41, 5.74) is -2.12. The van der Waals surface area contributed by atoms with Crippen molar-refractivity contribution in [3.05, 3.63) is 43.6 Å². The minimum absolute atomic E-state index is 0.00481. The van der Waals surface area contributed by atoms with E-state index in [1.165, 1.54) is 30.3 Å². The number of hydrogen-bond donors (Lipinski definition) is 4. The van der Waals surface area contributed by atoms with E-state index in [2.05, 4.69) is 31.0 Å². The van der Waals surface area contributed by atoms with Gasteiger partial charge in [0, 0.05) is 18.2 Å². The lowest BCUT2D eigenvalue weighted by Crippen LogP contribution is -2.66. The van der Waals surface area contributed by atoms with Crippen LogP contribution < -0.4 is 21.8 Å². The van der Waals surface area contributed by atoms with E-state index in [-0.39, 0.29) is 33.5 Å². The van der Waals surface area contributed by atoms with E-state index in [1.54, 1.807) is 0 Å². The van der Waals surface area contributed by atoms with Crippen molar-refractivity contribution in [3.63, 3.8) is 0 Å². The number of amides is 3. The maximum Gasteiger partial charge on any atom is 0.352 e. The molecule has 2 aliphatic heterocycles. The average molecular weight is 609 g/mol. The minimum Gasteiger partial charge on any atom is -0.477 e. The van der Waals surface area contributed by atoms with Crippen molar-refractivity contribution >= 4 is 69.9 Å². The van der Waals surface area contributed by atoms with E-state index in [0.717, 1.165) is 45.4 Å². The second-order valence-electron chi connectivity index (χ2n) is 8.61. The number of hydrogen-bond acceptors (Lipinski definition) is 13. The van der Waals surface area contributed by atoms with E-state index < -0.39 is 45.6 Å². The summed E-state index contributed by atoms with van der Waals surface area (Å²) in [6.45, 7) is 0. The summed E-state index contributed by atoms with van der Waals surface area (Å²) in [6, 6.07) is 0. The molecular weight excluding hydrogens is 588 g/mol. The zero-order chi connectivity index (χ0) is 28.6. The van der Waals surface area contributed by atoms with Crippen LogP contribution in [0, 0.1) is 5.92 Å². The van der Waals surface area contributed by atoms with Crippen LogP contribution >= 0.6 is 34.9 Å². The summed E-state index contributed by atoms with van der Waals surface area (Å²) < 4.78 is 0.975. The monoisotopic (exact) mass is 608 g/mol. The number of fused-ring (bicyclic) bond motifs is 1. The third-order valence-corrected chi connectivity index (χ3v) is 9.16. The molecule has 19 heteroatoms. The standard InChI is InChI=1S/C21H20N8O8S3/c1-28-17(34)14(32)25-26-21(28)40-15(11-16(33)29-10(19(35)36)4-5-38-18(11)29)24-13(31)12(27-37-8-2-3-8)9-6-39-20(23-9)22-7-30/h4,6-8,11,15,18H,2-3,5H2,1H3,(H,24,31)(H,25,32)(H,35,36)(H,22,23,30)/t11-,15?,18-/m0/s1. The van der Waals surface area contributed by atoms with Gasteiger partial charge in [0.05, 0.1) is 16.7 Å². The van der Waals surface area contributed by atoms with Gasteiger partial charge in [0.1, 0.15) is 17.5 Å². The molecule has 1 saturated heterocycles. The quantitative estimate of drug-likeness (QED) is 0.0465. The molecule has 40 heavy (non-hydrogen) atoms. The average Bonchev–Trinajstić information content (AvgIpc) is 3.64. The van der Waals surface area contributed by atoms with Crippen LogP contribution in [0.25, 0.3) is 0 Å². The molecule has 4 heterocycles. The number of thioether (sulfide) groups is 2. The Morgan fingerprint density at radius 3 is 2.83 bits per heavy atom. The van der Waals surface area contributed by atoms with E-state index in [1.807, 2.05) is 0 Å². The highest BCUT2D eigenvalue weighted by molar-refractivity contribution is 8.01. The molecule has 16 nitrogen and oxygen atoms in total. The molecular formula is C21H20N8O8S3. The van der Waals surface area contributed by atoms with Crippen LogP contribution in [0.3, 0.4) is 0 Å². The number of carboxylic acids is 1. The van der Waals surface area contributed by atoms with Crippen molar-refractivity contribution in [2.45, 2.75) is 34.8 Å². The van der Waals surface area contributed by atoms with Crippen LogP contribution in [0.5, 0.6) is 0 Å². The van der Waals surface area contributed by atoms with Gasteiger partial charge in [0.25, 0.3) is 5.91 Å². The largest absolute Gasteiger partial charge is 0.477 e. The third kappa shape index (κ3) is 5.39. The number of anilines is 1. The van der Waals surface area contributed by atoms with E-state index in [9.17, 15) is 33.9 Å². The predicted octanol–water partition coefficient (Wildman–Crippen LogP) is -0.889. The normalized spacial score (nSPS) is 21.0. The van der Waals surface area contributed by atoms with Crippen LogP contribution in [-0.4, -0.2) is 82.3 Å². The van der Waals surface area contributed by atoms with Crippen molar-refractivity contribution in [1.82, 2.24) is 30.0 Å². The number of β-lactam (4-membered cyclic amide) rings is 1. The van der Waals surface area contributed by atoms with Gasteiger partial charge in [0.2, 0.25) is 12.3 Å². The van der Waals surface area contributed by atoms with Crippen molar-refractivity contribution in [1.29, 1.82) is 0 Å². The van der Waals surface area contributed by atoms with Crippen molar-refractivity contribution in [2.75, 3.05) is 11.1 Å². The summed E-state index contributed by atoms with van der Waals surface area (Å²) in [5, 5.41) is 24.6. The molecule has 3 aliphatic rings. The molecule has 210 valence electrons. The molecule has 0 spiro atoms. The zero-order valence-electron chi connectivity index (χ0n) is 20.4. The highest BCUT2D eigenvalue weighted by Crippen LogP contribution is 2.45. The number of oxime groups is 1. The zero-order valence-corrected chi connectivity index (χ0v) is 22.9. The molecule has 3 atom stereocenters. The van der Waals surface area contributed by atoms with Crippen molar-refractivity contribution in [3.8, 4) is 0 Å². The van der Waals surface area contributed by atoms with E-state index >= 15 is 0 Å². The van der Waals surface area contributed by atoms with Crippen LogP contribution in [0.1, 0.15) is 18.5 Å². The Balaban J connectivity index is 1.47. The fourth-order valence-corrected chi connectivity index (χ4v) is 6.99. The number of aromatic nitrogens is 4. The summed E-state index contributed by atoms with van der Waals surface area (Å²) in [6.07, 6.45) is 3.24. The number of aromatic amines is 1. The molecule has 1 unspecified atom stereocenters. The Hall–Kier alpha value is -3.97. The first-order valence-electron chi connectivity index (χ1n) is 11.6. The first kappa shape index (κ1) is 27.6. The second-order valence-corrected chi connectivity index (χ2v) is 11.7. The summed E-state index contributed by atoms with van der Waals surface area (Å²) in [7, 11) is 1.31. The fourth-order valence-electron chi connectivity index (χ4n) is 3.79. The highest BCUT2D eigenvalue weighted by Gasteiger charge is 2.56.